The van der Waals surface area contributed by atoms with Crippen molar-refractivity contribution in [3.63, 3.8) is 0 Å². The van der Waals surface area contributed by atoms with Crippen molar-refractivity contribution in [2.75, 3.05) is 11.9 Å². The van der Waals surface area contributed by atoms with E-state index >= 15 is 0 Å². The van der Waals surface area contributed by atoms with E-state index in [0.29, 0.717) is 18.2 Å². The van der Waals surface area contributed by atoms with Crippen LogP contribution in [0.3, 0.4) is 0 Å². The Morgan fingerprint density at radius 1 is 0.603 bits per heavy atom. The Balaban J connectivity index is 1.12. The van der Waals surface area contributed by atoms with Gasteiger partial charge < -0.3 is 5.32 Å². The van der Waals surface area contributed by atoms with Crippen LogP contribution in [0, 0.1) is 0 Å². The minimum Gasteiger partial charge on any atom is -0.379 e. The minimum atomic E-state index is 0.389. The molecule has 10 rings (SSSR count). The summed E-state index contributed by atoms with van der Waals surface area (Å²) >= 11 is 0. The first-order chi connectivity index (χ1) is 28.7. The van der Waals surface area contributed by atoms with Crippen LogP contribution < -0.4 is 5.32 Å². The van der Waals surface area contributed by atoms with Crippen LogP contribution >= 0.6 is 0 Å². The smallest absolute Gasteiger partial charge is 0.161 e. The Labute approximate surface area is 338 Å². The second kappa shape index (κ2) is 15.2. The van der Waals surface area contributed by atoms with Crippen molar-refractivity contribution in [3.8, 4) is 44.6 Å². The van der Waals surface area contributed by atoms with Crippen LogP contribution in [0.25, 0.3) is 61.6 Å². The van der Waals surface area contributed by atoms with Gasteiger partial charge in [-0.1, -0.05) is 158 Å². The summed E-state index contributed by atoms with van der Waals surface area (Å²) in [5.74, 6) is 1.11. The van der Waals surface area contributed by atoms with Gasteiger partial charge >= 0.3 is 0 Å². The SMILES string of the molecule is C=NC(=NC(=NCc1cc(-c2ccc3ccc4c(c3n2)NCC=C4)cc(-c2cccc3c2-c2ccccc2C3)c1)c1ccc(-c2ccccc2)cc1)c1ccccc1. The number of hydrogen-bond donors (Lipinski definition) is 1. The first-order valence-corrected chi connectivity index (χ1v) is 19.7. The van der Waals surface area contributed by atoms with Gasteiger partial charge in [0.15, 0.2) is 11.7 Å². The van der Waals surface area contributed by atoms with E-state index in [1.54, 1.807) is 0 Å². The molecule has 0 spiro atoms. The molecule has 1 aliphatic heterocycles. The normalized spacial score (nSPS) is 13.1. The van der Waals surface area contributed by atoms with Crippen molar-refractivity contribution in [1.29, 1.82) is 0 Å². The highest BCUT2D eigenvalue weighted by molar-refractivity contribution is 6.12. The van der Waals surface area contributed by atoms with E-state index in [4.69, 9.17) is 15.0 Å². The number of rotatable bonds is 7. The zero-order valence-corrected chi connectivity index (χ0v) is 31.9. The van der Waals surface area contributed by atoms with Gasteiger partial charge in [-0.05, 0) is 93.0 Å². The van der Waals surface area contributed by atoms with Crippen LogP contribution in [0.4, 0.5) is 5.69 Å². The predicted octanol–water partition coefficient (Wildman–Crippen LogP) is 12.3. The summed E-state index contributed by atoms with van der Waals surface area (Å²) < 4.78 is 0. The first-order valence-electron chi connectivity index (χ1n) is 19.7. The van der Waals surface area contributed by atoms with Gasteiger partial charge in [-0.25, -0.2) is 15.0 Å². The molecule has 58 heavy (non-hydrogen) atoms. The van der Waals surface area contributed by atoms with Crippen LogP contribution in [0.1, 0.15) is 33.4 Å². The van der Waals surface area contributed by atoms with E-state index in [2.05, 4.69) is 163 Å². The largest absolute Gasteiger partial charge is 0.379 e. The fraction of sp³-hybridized carbons (Fsp3) is 0.0566. The lowest BCUT2D eigenvalue weighted by atomic mass is 9.91. The zero-order valence-electron chi connectivity index (χ0n) is 31.9. The molecule has 5 heteroatoms. The molecule has 1 aromatic heterocycles. The highest BCUT2D eigenvalue weighted by atomic mass is 15.0. The lowest BCUT2D eigenvalue weighted by molar-refractivity contribution is 1.06. The Kier molecular flexibility index (Phi) is 9.16. The van der Waals surface area contributed by atoms with Gasteiger partial charge in [-0.2, -0.15) is 0 Å². The zero-order chi connectivity index (χ0) is 38.8. The van der Waals surface area contributed by atoms with Gasteiger partial charge in [0.1, 0.15) is 0 Å². The minimum absolute atomic E-state index is 0.389. The number of nitrogens with one attached hydrogen (secondary N) is 1. The van der Waals surface area contributed by atoms with E-state index in [0.717, 1.165) is 79.8 Å². The molecule has 0 radical (unpaired) electrons. The van der Waals surface area contributed by atoms with Gasteiger partial charge in [0.25, 0.3) is 0 Å². The maximum atomic E-state index is 5.33. The molecule has 1 aliphatic carbocycles. The average Bonchev–Trinajstić information content (AvgIpc) is 3.69. The summed E-state index contributed by atoms with van der Waals surface area (Å²) in [6.45, 7) is 5.06. The molecule has 0 saturated heterocycles. The molecule has 5 nitrogen and oxygen atoms in total. The third kappa shape index (κ3) is 6.73. The monoisotopic (exact) mass is 745 g/mol. The topological polar surface area (TPSA) is 62.0 Å². The Morgan fingerprint density at radius 2 is 1.31 bits per heavy atom. The second-order valence-electron chi connectivity index (χ2n) is 14.7. The molecule has 0 amide bonds. The molecular formula is C53H39N5. The Morgan fingerprint density at radius 3 is 2.16 bits per heavy atom. The van der Waals surface area contributed by atoms with Gasteiger partial charge in [0.2, 0.25) is 0 Å². The van der Waals surface area contributed by atoms with Gasteiger partial charge in [-0.3, -0.25) is 4.99 Å². The van der Waals surface area contributed by atoms with Crippen LogP contribution in [0.5, 0.6) is 0 Å². The molecule has 2 heterocycles. The molecule has 0 bridgehead atoms. The Bertz CT molecular complexity index is 2940. The summed E-state index contributed by atoms with van der Waals surface area (Å²) in [6, 6.07) is 59.6. The summed E-state index contributed by atoms with van der Waals surface area (Å²) in [7, 11) is 0. The summed E-state index contributed by atoms with van der Waals surface area (Å²) in [5.41, 5.74) is 17.9. The van der Waals surface area contributed by atoms with E-state index < -0.39 is 0 Å². The number of aromatic nitrogens is 1. The number of anilines is 1. The van der Waals surface area contributed by atoms with Crippen LogP contribution in [0.15, 0.2) is 191 Å². The lowest BCUT2D eigenvalue weighted by Gasteiger charge is -2.17. The molecule has 2 aliphatic rings. The molecule has 1 N–H and O–H groups in total. The van der Waals surface area contributed by atoms with Gasteiger partial charge in [0.05, 0.1) is 23.4 Å². The quantitative estimate of drug-likeness (QED) is 0.130. The molecule has 276 valence electrons. The summed E-state index contributed by atoms with van der Waals surface area (Å²) in [5, 5.41) is 4.68. The maximum absolute atomic E-state index is 5.33. The van der Waals surface area contributed by atoms with Crippen molar-refractivity contribution in [2.45, 2.75) is 13.0 Å². The van der Waals surface area contributed by atoms with E-state index in [1.807, 2.05) is 36.4 Å². The molecule has 0 saturated carbocycles. The lowest BCUT2D eigenvalue weighted by Crippen LogP contribution is -2.06. The second-order valence-corrected chi connectivity index (χ2v) is 14.7. The Hall–Kier alpha value is -7.50. The molecule has 0 unspecified atom stereocenters. The van der Waals surface area contributed by atoms with Gasteiger partial charge in [-0.15, -0.1) is 0 Å². The van der Waals surface area contributed by atoms with Crippen molar-refractivity contribution < 1.29 is 0 Å². The third-order valence-electron chi connectivity index (χ3n) is 11.1. The first kappa shape index (κ1) is 35.0. The number of nitrogens with zero attached hydrogens (tertiary/aromatic N) is 4. The molecule has 8 aromatic rings. The molecule has 0 atom stereocenters. The molecule has 0 fully saturated rings. The highest BCUT2D eigenvalue weighted by Crippen LogP contribution is 2.44. The average molecular weight is 746 g/mol. The van der Waals surface area contributed by atoms with E-state index in [1.165, 1.54) is 27.8 Å². The molecule has 7 aromatic carbocycles. The van der Waals surface area contributed by atoms with Crippen molar-refractivity contribution >= 4 is 41.1 Å². The van der Waals surface area contributed by atoms with E-state index in [-0.39, 0.29) is 0 Å². The molecular weight excluding hydrogens is 707 g/mol. The predicted molar refractivity (Wildman–Crippen MR) is 243 cm³/mol. The van der Waals surface area contributed by atoms with Crippen LogP contribution in [-0.4, -0.2) is 29.9 Å². The van der Waals surface area contributed by atoms with Crippen LogP contribution in [0.2, 0.25) is 0 Å². The van der Waals surface area contributed by atoms with Crippen molar-refractivity contribution in [3.05, 3.63) is 209 Å². The number of benzene rings is 7. The fourth-order valence-electron chi connectivity index (χ4n) is 8.23. The maximum Gasteiger partial charge on any atom is 0.161 e. The number of aliphatic imine (C=N–C) groups is 3. The summed E-state index contributed by atoms with van der Waals surface area (Å²) in [4.78, 5) is 20.0. The van der Waals surface area contributed by atoms with Gasteiger partial charge in [0, 0.05) is 28.6 Å². The third-order valence-corrected chi connectivity index (χ3v) is 11.1. The van der Waals surface area contributed by atoms with Crippen molar-refractivity contribution in [1.82, 2.24) is 4.98 Å². The highest BCUT2D eigenvalue weighted by Gasteiger charge is 2.22. The number of pyridine rings is 1. The fourth-order valence-corrected chi connectivity index (χ4v) is 8.23. The van der Waals surface area contributed by atoms with E-state index in [9.17, 15) is 0 Å². The standard InChI is InChI=1S/C53H39N5/c1-54-52(40-14-6-3-7-15-40)58-53(41-25-21-37(22-26-41)36-12-4-2-5-13-36)56-34-35-30-44(47-20-10-17-43-32-42-16-8-9-19-46(42)49(43)47)33-45(31-35)48-28-27-39-24-23-38-18-11-29-55-50(38)51(39)57-48/h2-28,30-31,33,55H,1,29,32,34H2. The number of amidine groups is 2. The van der Waals surface area contributed by atoms with Crippen LogP contribution in [-0.2, 0) is 13.0 Å². The van der Waals surface area contributed by atoms with Crippen molar-refractivity contribution in [2.24, 2.45) is 15.0 Å². The number of fused-ring (bicyclic) bond motifs is 6. The summed E-state index contributed by atoms with van der Waals surface area (Å²) in [6.07, 6.45) is 5.25. The number of hydrogen-bond acceptors (Lipinski definition) is 3.